The highest BCUT2D eigenvalue weighted by Crippen LogP contribution is 2.21. The first-order chi connectivity index (χ1) is 8.69. The predicted molar refractivity (Wildman–Crippen MR) is 75.2 cm³/mol. The predicted octanol–water partition coefficient (Wildman–Crippen LogP) is 3.41. The van der Waals surface area contributed by atoms with Crippen LogP contribution < -0.4 is 11.1 Å². The van der Waals surface area contributed by atoms with E-state index in [0.29, 0.717) is 11.5 Å². The molecule has 0 aliphatic heterocycles. The second-order valence-corrected chi connectivity index (χ2v) is 4.35. The fourth-order valence-electron chi connectivity index (χ4n) is 1.65. The van der Waals surface area contributed by atoms with Gasteiger partial charge in [0.15, 0.2) is 5.82 Å². The molecule has 0 bridgehead atoms. The minimum Gasteiger partial charge on any atom is -0.394 e. The first-order valence-electron chi connectivity index (χ1n) is 5.83. The third-order valence-electron chi connectivity index (χ3n) is 2.54. The van der Waals surface area contributed by atoms with Crippen LogP contribution in [0, 0.1) is 0 Å². The number of halogens is 1. The first-order valence-corrected chi connectivity index (χ1v) is 6.21. The van der Waals surface area contributed by atoms with E-state index in [1.54, 1.807) is 0 Å². The molecule has 3 N–H and O–H groups in total. The van der Waals surface area contributed by atoms with Gasteiger partial charge in [-0.3, -0.25) is 0 Å². The van der Waals surface area contributed by atoms with Crippen molar-refractivity contribution < 1.29 is 0 Å². The Hall–Kier alpha value is -1.81. The second-order valence-electron chi connectivity index (χ2n) is 4.01. The van der Waals surface area contributed by atoms with Crippen LogP contribution in [0.1, 0.15) is 18.9 Å². The standard InChI is InChI=1S/C13H15ClN4/c1-2-3-9-4-6-10(7-5-9)17-12-11(15)8-16-13(14)18-12/h4-8H,2-3,15H2,1H3,(H,16,17,18). The van der Waals surface area contributed by atoms with Gasteiger partial charge in [-0.15, -0.1) is 0 Å². The van der Waals surface area contributed by atoms with Crippen molar-refractivity contribution in [2.45, 2.75) is 19.8 Å². The lowest BCUT2D eigenvalue weighted by Gasteiger charge is -2.08. The van der Waals surface area contributed by atoms with E-state index >= 15 is 0 Å². The van der Waals surface area contributed by atoms with Gasteiger partial charge in [0.05, 0.1) is 11.9 Å². The van der Waals surface area contributed by atoms with Gasteiger partial charge in [0.25, 0.3) is 0 Å². The fraction of sp³-hybridized carbons (Fsp3) is 0.231. The average molecular weight is 263 g/mol. The van der Waals surface area contributed by atoms with Crippen molar-refractivity contribution in [1.82, 2.24) is 9.97 Å². The molecule has 1 aromatic heterocycles. The number of aryl methyl sites for hydroxylation is 1. The summed E-state index contributed by atoms with van der Waals surface area (Å²) in [6.45, 7) is 2.16. The minimum absolute atomic E-state index is 0.175. The van der Waals surface area contributed by atoms with Gasteiger partial charge < -0.3 is 11.1 Å². The van der Waals surface area contributed by atoms with Crippen LogP contribution in [0.25, 0.3) is 0 Å². The van der Waals surface area contributed by atoms with Crippen LogP contribution in [0.3, 0.4) is 0 Å². The SMILES string of the molecule is CCCc1ccc(Nc2nc(Cl)ncc2N)cc1. The molecule has 2 rings (SSSR count). The molecule has 0 amide bonds. The summed E-state index contributed by atoms with van der Waals surface area (Å²) in [5, 5.41) is 3.30. The zero-order valence-corrected chi connectivity index (χ0v) is 10.9. The third-order valence-corrected chi connectivity index (χ3v) is 2.73. The minimum atomic E-state index is 0.175. The van der Waals surface area contributed by atoms with Crippen LogP contribution in [0.5, 0.6) is 0 Å². The van der Waals surface area contributed by atoms with Gasteiger partial charge in [0, 0.05) is 5.69 Å². The lowest BCUT2D eigenvalue weighted by atomic mass is 10.1. The number of anilines is 3. The Bertz CT molecular complexity index is 525. The summed E-state index contributed by atoms with van der Waals surface area (Å²) in [5.74, 6) is 0.526. The van der Waals surface area contributed by atoms with Crippen molar-refractivity contribution in [3.8, 4) is 0 Å². The summed E-state index contributed by atoms with van der Waals surface area (Å²) in [7, 11) is 0. The molecule has 0 radical (unpaired) electrons. The lowest BCUT2D eigenvalue weighted by Crippen LogP contribution is -2.00. The Balaban J connectivity index is 2.15. The molecule has 0 saturated heterocycles. The van der Waals surface area contributed by atoms with Gasteiger partial charge >= 0.3 is 0 Å². The average Bonchev–Trinajstić information content (AvgIpc) is 2.37. The molecule has 0 spiro atoms. The molecule has 0 saturated carbocycles. The molecular weight excluding hydrogens is 248 g/mol. The van der Waals surface area contributed by atoms with Crippen molar-refractivity contribution in [3.05, 3.63) is 41.3 Å². The lowest BCUT2D eigenvalue weighted by molar-refractivity contribution is 0.922. The molecule has 2 aromatic rings. The summed E-state index contributed by atoms with van der Waals surface area (Å²) in [6.07, 6.45) is 3.71. The number of rotatable bonds is 4. The summed E-state index contributed by atoms with van der Waals surface area (Å²) in [6, 6.07) is 8.18. The normalized spacial score (nSPS) is 10.3. The highest BCUT2D eigenvalue weighted by molar-refractivity contribution is 6.28. The zero-order valence-electron chi connectivity index (χ0n) is 10.2. The molecule has 0 unspecified atom stereocenters. The monoisotopic (exact) mass is 262 g/mol. The number of nitrogens with one attached hydrogen (secondary N) is 1. The van der Waals surface area contributed by atoms with Crippen molar-refractivity contribution in [2.75, 3.05) is 11.1 Å². The molecule has 1 aromatic carbocycles. The first kappa shape index (κ1) is 12.6. The highest BCUT2D eigenvalue weighted by atomic mass is 35.5. The molecular formula is C13H15ClN4. The number of hydrogen-bond donors (Lipinski definition) is 2. The van der Waals surface area contributed by atoms with Crippen LogP contribution in [-0.4, -0.2) is 9.97 Å². The summed E-state index contributed by atoms with van der Waals surface area (Å²) in [5.41, 5.74) is 8.48. The Morgan fingerprint density at radius 3 is 2.67 bits per heavy atom. The third kappa shape index (κ3) is 3.11. The zero-order chi connectivity index (χ0) is 13.0. The van der Waals surface area contributed by atoms with Gasteiger partial charge in [-0.05, 0) is 35.7 Å². The van der Waals surface area contributed by atoms with E-state index in [1.807, 2.05) is 12.1 Å². The summed E-state index contributed by atoms with van der Waals surface area (Å²) >= 11 is 5.73. The number of benzene rings is 1. The molecule has 0 aliphatic carbocycles. The largest absolute Gasteiger partial charge is 0.394 e. The summed E-state index contributed by atoms with van der Waals surface area (Å²) < 4.78 is 0. The molecule has 0 aliphatic rings. The van der Waals surface area contributed by atoms with Gasteiger partial charge in [-0.1, -0.05) is 25.5 Å². The van der Waals surface area contributed by atoms with Crippen molar-refractivity contribution in [1.29, 1.82) is 0 Å². The number of nitrogens with zero attached hydrogens (tertiary/aromatic N) is 2. The van der Waals surface area contributed by atoms with E-state index in [1.165, 1.54) is 11.8 Å². The number of aromatic nitrogens is 2. The molecule has 5 heteroatoms. The van der Waals surface area contributed by atoms with Crippen LogP contribution in [0.4, 0.5) is 17.2 Å². The highest BCUT2D eigenvalue weighted by Gasteiger charge is 2.03. The van der Waals surface area contributed by atoms with E-state index in [9.17, 15) is 0 Å². The van der Waals surface area contributed by atoms with Crippen molar-refractivity contribution in [3.63, 3.8) is 0 Å². The topological polar surface area (TPSA) is 63.8 Å². The van der Waals surface area contributed by atoms with E-state index in [0.717, 1.165) is 18.5 Å². The van der Waals surface area contributed by atoms with Crippen molar-refractivity contribution >= 4 is 28.8 Å². The quantitative estimate of drug-likeness (QED) is 0.829. The van der Waals surface area contributed by atoms with Crippen molar-refractivity contribution in [2.24, 2.45) is 0 Å². The van der Waals surface area contributed by atoms with Crippen LogP contribution in [-0.2, 0) is 6.42 Å². The molecule has 0 atom stereocenters. The second kappa shape index (κ2) is 5.69. The van der Waals surface area contributed by atoms with Crippen LogP contribution in [0.2, 0.25) is 5.28 Å². The van der Waals surface area contributed by atoms with Gasteiger partial charge in [-0.25, -0.2) is 4.98 Å². The van der Waals surface area contributed by atoms with E-state index in [-0.39, 0.29) is 5.28 Å². The van der Waals surface area contributed by atoms with Gasteiger partial charge in [0.2, 0.25) is 5.28 Å². The fourth-order valence-corrected chi connectivity index (χ4v) is 1.78. The van der Waals surface area contributed by atoms with Crippen LogP contribution >= 0.6 is 11.6 Å². The van der Waals surface area contributed by atoms with E-state index in [4.69, 9.17) is 17.3 Å². The molecule has 0 fully saturated rings. The van der Waals surface area contributed by atoms with Crippen LogP contribution in [0.15, 0.2) is 30.5 Å². The number of hydrogen-bond acceptors (Lipinski definition) is 4. The smallest absolute Gasteiger partial charge is 0.224 e. The van der Waals surface area contributed by atoms with E-state index in [2.05, 4.69) is 34.3 Å². The molecule has 4 nitrogen and oxygen atoms in total. The Labute approximate surface area is 111 Å². The van der Waals surface area contributed by atoms with E-state index < -0.39 is 0 Å². The maximum atomic E-state index is 5.77. The Morgan fingerprint density at radius 1 is 1.28 bits per heavy atom. The molecule has 18 heavy (non-hydrogen) atoms. The summed E-state index contributed by atoms with van der Waals surface area (Å²) in [4.78, 5) is 7.85. The molecule has 94 valence electrons. The van der Waals surface area contributed by atoms with Gasteiger partial charge in [-0.2, -0.15) is 4.98 Å². The maximum absolute atomic E-state index is 5.77. The molecule has 1 heterocycles. The number of nitrogens with two attached hydrogens (primary N) is 1. The number of nitrogen functional groups attached to an aromatic ring is 1. The Kier molecular flexibility index (Phi) is 3.99. The Morgan fingerprint density at radius 2 is 2.00 bits per heavy atom. The van der Waals surface area contributed by atoms with Gasteiger partial charge in [0.1, 0.15) is 0 Å². The maximum Gasteiger partial charge on any atom is 0.224 e.